The second kappa shape index (κ2) is 5.61. The van der Waals surface area contributed by atoms with E-state index < -0.39 is 0 Å². The third-order valence-electron chi connectivity index (χ3n) is 0.331. The van der Waals surface area contributed by atoms with Crippen LogP contribution < -0.4 is 5.73 Å². The van der Waals surface area contributed by atoms with Crippen molar-refractivity contribution in [3.63, 3.8) is 0 Å². The molecule has 0 aliphatic carbocycles. The van der Waals surface area contributed by atoms with Crippen LogP contribution in [0.1, 0.15) is 0 Å². The molecule has 1 aromatic rings. The molecule has 8 heavy (non-hydrogen) atoms. The smallest absolute Gasteiger partial charge is 0.0765 e. The Morgan fingerprint density at radius 2 is 1.88 bits per heavy atom. The average molecular weight is 113 g/mol. The molecule has 0 aliphatic heterocycles. The molecule has 0 unspecified atom stereocenters. The highest BCUT2D eigenvalue weighted by molar-refractivity contribution is 5.46. The van der Waals surface area contributed by atoms with Gasteiger partial charge in [0.15, 0.2) is 0 Å². The number of H-pyrrole nitrogens is 1. The van der Waals surface area contributed by atoms with Crippen molar-refractivity contribution in [3.05, 3.63) is 12.4 Å². The van der Waals surface area contributed by atoms with Gasteiger partial charge in [-0.15, -0.1) is 0 Å². The second-order valence-electron chi connectivity index (χ2n) is 0.823. The lowest BCUT2D eigenvalue weighted by molar-refractivity contribution is 0.940. The van der Waals surface area contributed by atoms with Crippen LogP contribution in [0, 0.1) is 5.41 Å². The Labute approximate surface area is 46.4 Å². The van der Waals surface area contributed by atoms with Crippen molar-refractivity contribution in [2.45, 2.75) is 0 Å². The number of nitrogens with zero attached hydrogens (tertiary/aromatic N) is 2. The summed E-state index contributed by atoms with van der Waals surface area (Å²) in [7, 11) is 0. The van der Waals surface area contributed by atoms with Crippen LogP contribution in [-0.2, 0) is 0 Å². The fourth-order valence-corrected chi connectivity index (χ4v) is 0.167. The Kier molecular flexibility index (Phi) is 4.64. The molecule has 1 aromatic heterocycles. The molecule has 0 bridgehead atoms. The Hall–Kier alpha value is -1.39. The first-order valence-electron chi connectivity index (χ1n) is 1.92. The van der Waals surface area contributed by atoms with Gasteiger partial charge in [0.05, 0.1) is 18.7 Å². The summed E-state index contributed by atoms with van der Waals surface area (Å²) in [5.41, 5.74) is 4.39. The van der Waals surface area contributed by atoms with Gasteiger partial charge >= 0.3 is 0 Å². The van der Waals surface area contributed by atoms with Crippen LogP contribution in [0.25, 0.3) is 0 Å². The van der Waals surface area contributed by atoms with Gasteiger partial charge in [-0.1, -0.05) is 0 Å². The fraction of sp³-hybridized carbons (Fsp3) is 0. The number of hydrogen-bond acceptors (Lipinski definition) is 3. The highest BCUT2D eigenvalue weighted by Gasteiger charge is 1.57. The maximum Gasteiger partial charge on any atom is 0.0765 e. The molecule has 5 heteroatoms. The van der Waals surface area contributed by atoms with Gasteiger partial charge in [-0.05, 0) is 0 Å². The van der Waals surface area contributed by atoms with E-state index in [0.717, 1.165) is 6.34 Å². The van der Waals surface area contributed by atoms with Crippen molar-refractivity contribution < 1.29 is 0 Å². The molecule has 0 atom stereocenters. The standard InChI is InChI=1S/C2H3N3.CH4N2/c1-2-4-5-3-1;2-1-3/h1-2H,(H,3,4,5);1H,(H3,2,3). The fourth-order valence-electron chi connectivity index (χ4n) is 0.167. The Bertz CT molecular complexity index is 94.0. The zero-order valence-electron chi connectivity index (χ0n) is 4.20. The number of aromatic nitrogens is 3. The predicted molar refractivity (Wildman–Crippen MR) is 29.4 cm³/mol. The quantitative estimate of drug-likeness (QED) is 0.308. The largest absolute Gasteiger partial charge is 0.390 e. The number of nitrogens with one attached hydrogen (secondary N) is 2. The molecule has 0 amide bonds. The van der Waals surface area contributed by atoms with Crippen molar-refractivity contribution in [3.8, 4) is 0 Å². The van der Waals surface area contributed by atoms with Crippen molar-refractivity contribution in [2.75, 3.05) is 0 Å². The zero-order chi connectivity index (χ0) is 6.24. The number of hydrogen-bond donors (Lipinski definition) is 3. The SMILES string of the molecule is N=CN.c1cn[nH]n1. The first-order valence-corrected chi connectivity index (χ1v) is 1.92. The van der Waals surface area contributed by atoms with Gasteiger partial charge in [-0.3, -0.25) is 5.41 Å². The molecule has 0 aromatic carbocycles. The molecule has 0 fully saturated rings. The topological polar surface area (TPSA) is 91.4 Å². The zero-order valence-corrected chi connectivity index (χ0v) is 4.20. The van der Waals surface area contributed by atoms with Crippen LogP contribution in [0.3, 0.4) is 0 Å². The molecule has 0 saturated heterocycles. The van der Waals surface area contributed by atoms with E-state index in [-0.39, 0.29) is 0 Å². The summed E-state index contributed by atoms with van der Waals surface area (Å²) in [6.07, 6.45) is 3.92. The molecule has 4 N–H and O–H groups in total. The van der Waals surface area contributed by atoms with Gasteiger partial charge in [0.2, 0.25) is 0 Å². The molecule has 0 aliphatic rings. The number of rotatable bonds is 0. The highest BCUT2D eigenvalue weighted by Crippen LogP contribution is 1.55. The maximum atomic E-state index is 5.86. The summed E-state index contributed by atoms with van der Waals surface area (Å²) >= 11 is 0. The lowest BCUT2D eigenvalue weighted by atomic mass is 11.0. The number of nitrogens with two attached hydrogens (primary N) is 1. The molecule has 5 nitrogen and oxygen atoms in total. The Balaban J connectivity index is 0.000000145. The Morgan fingerprint density at radius 1 is 1.50 bits per heavy atom. The Morgan fingerprint density at radius 3 is 2.00 bits per heavy atom. The van der Waals surface area contributed by atoms with Gasteiger partial charge in [-0.25, -0.2) is 0 Å². The van der Waals surface area contributed by atoms with Crippen LogP contribution in [0.2, 0.25) is 0 Å². The van der Waals surface area contributed by atoms with E-state index in [1.165, 1.54) is 0 Å². The highest BCUT2D eigenvalue weighted by atomic mass is 15.3. The predicted octanol–water partition coefficient (Wildman–Crippen LogP) is -0.643. The third kappa shape index (κ3) is 4.61. The van der Waals surface area contributed by atoms with Crippen LogP contribution >= 0.6 is 0 Å². The second-order valence-corrected chi connectivity index (χ2v) is 0.823. The molecular weight excluding hydrogens is 106 g/mol. The van der Waals surface area contributed by atoms with Gasteiger partial charge < -0.3 is 5.73 Å². The van der Waals surface area contributed by atoms with Gasteiger partial charge in [-0.2, -0.15) is 15.4 Å². The normalized spacial score (nSPS) is 6.50. The van der Waals surface area contributed by atoms with Crippen molar-refractivity contribution in [1.82, 2.24) is 15.4 Å². The van der Waals surface area contributed by atoms with Crippen LogP contribution in [-0.4, -0.2) is 21.7 Å². The van der Waals surface area contributed by atoms with Gasteiger partial charge in [0, 0.05) is 0 Å². The van der Waals surface area contributed by atoms with E-state index in [1.54, 1.807) is 12.4 Å². The average Bonchev–Trinajstić information content (AvgIpc) is 2.17. The first-order chi connectivity index (χ1) is 3.91. The van der Waals surface area contributed by atoms with E-state index >= 15 is 0 Å². The van der Waals surface area contributed by atoms with E-state index in [4.69, 9.17) is 5.41 Å². The van der Waals surface area contributed by atoms with Crippen molar-refractivity contribution in [2.24, 2.45) is 5.73 Å². The maximum absolute atomic E-state index is 5.86. The summed E-state index contributed by atoms with van der Waals surface area (Å²) in [5.74, 6) is 0. The van der Waals surface area contributed by atoms with E-state index in [0.29, 0.717) is 0 Å². The summed E-state index contributed by atoms with van der Waals surface area (Å²) in [4.78, 5) is 0. The molecule has 0 saturated carbocycles. The van der Waals surface area contributed by atoms with Crippen molar-refractivity contribution in [1.29, 1.82) is 5.41 Å². The van der Waals surface area contributed by atoms with E-state index in [2.05, 4.69) is 21.1 Å². The minimum absolute atomic E-state index is 0.750. The molecule has 1 rings (SSSR count). The van der Waals surface area contributed by atoms with Gasteiger partial charge in [0.1, 0.15) is 0 Å². The number of aromatic amines is 1. The van der Waals surface area contributed by atoms with Crippen LogP contribution in [0.4, 0.5) is 0 Å². The summed E-state index contributed by atoms with van der Waals surface area (Å²) in [5, 5.41) is 15.2. The van der Waals surface area contributed by atoms with E-state index in [9.17, 15) is 0 Å². The minimum Gasteiger partial charge on any atom is -0.390 e. The molecule has 1 heterocycles. The monoisotopic (exact) mass is 113 g/mol. The lowest BCUT2D eigenvalue weighted by Crippen LogP contribution is -1.81. The van der Waals surface area contributed by atoms with Crippen LogP contribution in [0.5, 0.6) is 0 Å². The molecule has 0 radical (unpaired) electrons. The molecule has 0 spiro atoms. The van der Waals surface area contributed by atoms with Gasteiger partial charge in [0.25, 0.3) is 0 Å². The van der Waals surface area contributed by atoms with Crippen molar-refractivity contribution >= 4 is 6.34 Å². The minimum atomic E-state index is 0.750. The third-order valence-corrected chi connectivity index (χ3v) is 0.331. The summed E-state index contributed by atoms with van der Waals surface area (Å²) in [6.45, 7) is 0. The summed E-state index contributed by atoms with van der Waals surface area (Å²) < 4.78 is 0. The lowest BCUT2D eigenvalue weighted by Gasteiger charge is -1.48. The molecular formula is C3H7N5. The molecule has 44 valence electrons. The van der Waals surface area contributed by atoms with Crippen LogP contribution in [0.15, 0.2) is 12.4 Å². The summed E-state index contributed by atoms with van der Waals surface area (Å²) in [6, 6.07) is 0. The first kappa shape index (κ1) is 6.61. The van der Waals surface area contributed by atoms with E-state index in [1.807, 2.05) is 0 Å².